The average molecular weight is 517 g/mol. The molecule has 0 unspecified atom stereocenters. The summed E-state index contributed by atoms with van der Waals surface area (Å²) in [5, 5.41) is 11.3. The van der Waals surface area contributed by atoms with Gasteiger partial charge in [-0.2, -0.15) is 4.68 Å². The maximum Gasteiger partial charge on any atom is 0.272 e. The molecule has 1 aromatic carbocycles. The molecule has 9 heteroatoms. The zero-order chi connectivity index (χ0) is 25.0. The van der Waals surface area contributed by atoms with Crippen LogP contribution in [0.1, 0.15) is 71.1 Å². The Morgan fingerprint density at radius 3 is 2.17 bits per heavy atom. The molecule has 2 heterocycles. The minimum Gasteiger partial charge on any atom is -0.352 e. The molecule has 3 fully saturated rings. The van der Waals surface area contributed by atoms with E-state index in [0.29, 0.717) is 17.5 Å². The molecule has 1 aromatic heterocycles. The van der Waals surface area contributed by atoms with Gasteiger partial charge in [-0.3, -0.25) is 0 Å². The number of para-hydroxylation sites is 1. The number of ether oxygens (including phenoxy) is 2. The van der Waals surface area contributed by atoms with Crippen molar-refractivity contribution in [1.82, 2.24) is 20.2 Å². The first-order chi connectivity index (χ1) is 17.5. The van der Waals surface area contributed by atoms with Crippen molar-refractivity contribution in [2.45, 2.75) is 82.6 Å². The van der Waals surface area contributed by atoms with Crippen molar-refractivity contribution in [3.63, 3.8) is 0 Å². The number of hydrogen-bond acceptors (Lipinski definition) is 7. The molecule has 0 spiro atoms. The minimum absolute atomic E-state index is 0.0715. The van der Waals surface area contributed by atoms with Gasteiger partial charge in [0.25, 0.3) is 5.16 Å². The minimum atomic E-state index is -3.60. The van der Waals surface area contributed by atoms with Gasteiger partial charge in [-0.05, 0) is 78.8 Å². The average Bonchev–Trinajstić information content (AvgIpc) is 3.42. The highest BCUT2D eigenvalue weighted by Gasteiger charge is 2.37. The van der Waals surface area contributed by atoms with Gasteiger partial charge in [0, 0.05) is 11.8 Å². The van der Waals surface area contributed by atoms with E-state index in [1.165, 1.54) is 43.2 Å². The van der Waals surface area contributed by atoms with Crippen molar-refractivity contribution in [2.24, 2.45) is 29.6 Å². The first kappa shape index (κ1) is 25.8. The van der Waals surface area contributed by atoms with Gasteiger partial charge in [0.15, 0.2) is 6.29 Å². The summed E-state index contributed by atoms with van der Waals surface area (Å²) in [6.07, 6.45) is 11.5. The van der Waals surface area contributed by atoms with Crippen LogP contribution in [-0.2, 0) is 19.3 Å². The van der Waals surface area contributed by atoms with Crippen LogP contribution in [0.5, 0.6) is 0 Å². The lowest BCUT2D eigenvalue weighted by molar-refractivity contribution is -0.237. The summed E-state index contributed by atoms with van der Waals surface area (Å²) in [4.78, 5) is 0. The second kappa shape index (κ2) is 11.7. The molecule has 8 nitrogen and oxygen atoms in total. The predicted octanol–water partition coefficient (Wildman–Crippen LogP) is 4.84. The van der Waals surface area contributed by atoms with Crippen LogP contribution < -0.4 is 0 Å². The molecule has 198 valence electrons. The Morgan fingerprint density at radius 1 is 0.861 bits per heavy atom. The topological polar surface area (TPSA) is 96.2 Å². The van der Waals surface area contributed by atoms with Gasteiger partial charge in [0.2, 0.25) is 9.84 Å². The normalized spacial score (nSPS) is 31.8. The Labute approximate surface area is 215 Å². The van der Waals surface area contributed by atoms with E-state index in [4.69, 9.17) is 9.47 Å². The number of nitrogens with zero attached hydrogens (tertiary/aromatic N) is 4. The molecule has 1 aliphatic heterocycles. The predicted molar refractivity (Wildman–Crippen MR) is 136 cm³/mol. The van der Waals surface area contributed by atoms with Gasteiger partial charge in [-0.15, -0.1) is 0 Å². The summed E-state index contributed by atoms with van der Waals surface area (Å²) in [5.74, 6) is 2.71. The maximum atomic E-state index is 13.2. The van der Waals surface area contributed by atoms with Crippen LogP contribution in [-0.4, -0.2) is 53.9 Å². The van der Waals surface area contributed by atoms with E-state index < -0.39 is 9.84 Å². The molecule has 0 N–H and O–H groups in total. The summed E-state index contributed by atoms with van der Waals surface area (Å²) in [5.41, 5.74) is 0.642. The second-order valence-corrected chi connectivity index (χ2v) is 13.1. The van der Waals surface area contributed by atoms with Gasteiger partial charge in [-0.1, -0.05) is 55.9 Å². The van der Waals surface area contributed by atoms with E-state index in [1.807, 2.05) is 18.2 Å². The van der Waals surface area contributed by atoms with Gasteiger partial charge < -0.3 is 9.47 Å². The zero-order valence-corrected chi connectivity index (χ0v) is 22.2. The Morgan fingerprint density at radius 2 is 1.50 bits per heavy atom. The van der Waals surface area contributed by atoms with Gasteiger partial charge in [0.1, 0.15) is 0 Å². The number of sulfone groups is 1. The molecular formula is C27H40N4O4S. The Bertz CT molecular complexity index is 1050. The Hall–Kier alpha value is -1.84. The molecule has 0 radical (unpaired) electrons. The smallest absolute Gasteiger partial charge is 0.272 e. The van der Waals surface area contributed by atoms with Gasteiger partial charge >= 0.3 is 0 Å². The Balaban J connectivity index is 1.08. The highest BCUT2D eigenvalue weighted by Crippen LogP contribution is 2.39. The highest BCUT2D eigenvalue weighted by atomic mass is 32.2. The molecule has 1 saturated heterocycles. The summed E-state index contributed by atoms with van der Waals surface area (Å²) in [6.45, 7) is 3.91. The largest absolute Gasteiger partial charge is 0.352 e. The highest BCUT2D eigenvalue weighted by molar-refractivity contribution is 7.91. The summed E-state index contributed by atoms with van der Waals surface area (Å²) < 4.78 is 40.1. The number of rotatable bonds is 8. The standard InChI is InChI=1S/C27H40N4O4S/c1-2-6-20-9-13-22(14-10-20)24-17-34-26(35-18-24)23-15-11-21(12-16-23)19-36(32,33)27-28-29-30-31(27)25-7-4-3-5-8-25/h3-5,7-8,20-24,26H,2,6,9-19H2,1H3. The lowest BCUT2D eigenvalue weighted by Gasteiger charge is -2.41. The van der Waals surface area contributed by atoms with Crippen molar-refractivity contribution in [3.05, 3.63) is 30.3 Å². The van der Waals surface area contributed by atoms with Crippen molar-refractivity contribution in [3.8, 4) is 5.69 Å². The summed E-state index contributed by atoms with van der Waals surface area (Å²) in [6, 6.07) is 9.15. The molecule has 3 aliphatic rings. The molecule has 2 saturated carbocycles. The molecule has 2 aromatic rings. The molecular weight excluding hydrogens is 476 g/mol. The van der Waals surface area contributed by atoms with Crippen LogP contribution in [0.25, 0.3) is 5.69 Å². The number of aromatic nitrogens is 4. The zero-order valence-electron chi connectivity index (χ0n) is 21.4. The fraction of sp³-hybridized carbons (Fsp3) is 0.741. The third kappa shape index (κ3) is 6.00. The summed E-state index contributed by atoms with van der Waals surface area (Å²) in [7, 11) is -3.60. The van der Waals surface area contributed by atoms with Crippen LogP contribution in [0.3, 0.4) is 0 Å². The number of benzene rings is 1. The van der Waals surface area contributed by atoms with Crippen LogP contribution in [0.2, 0.25) is 0 Å². The Kier molecular flexibility index (Phi) is 8.38. The van der Waals surface area contributed by atoms with E-state index in [9.17, 15) is 8.42 Å². The van der Waals surface area contributed by atoms with Crippen LogP contribution in [0.15, 0.2) is 35.5 Å². The number of tetrazole rings is 1. The van der Waals surface area contributed by atoms with Crippen molar-refractivity contribution < 1.29 is 17.9 Å². The first-order valence-electron chi connectivity index (χ1n) is 13.8. The lowest BCUT2D eigenvalue weighted by atomic mass is 9.75. The van der Waals surface area contributed by atoms with Crippen LogP contribution in [0, 0.1) is 29.6 Å². The molecule has 5 rings (SSSR count). The quantitative estimate of drug-likeness (QED) is 0.495. The van der Waals surface area contributed by atoms with Gasteiger partial charge in [-0.25, -0.2) is 8.42 Å². The van der Waals surface area contributed by atoms with Crippen LogP contribution >= 0.6 is 0 Å². The van der Waals surface area contributed by atoms with Gasteiger partial charge in [0.05, 0.1) is 24.7 Å². The number of hydrogen-bond donors (Lipinski definition) is 0. The van der Waals surface area contributed by atoms with E-state index >= 15 is 0 Å². The van der Waals surface area contributed by atoms with E-state index in [0.717, 1.165) is 50.7 Å². The molecule has 36 heavy (non-hydrogen) atoms. The lowest BCUT2D eigenvalue weighted by Crippen LogP contribution is -2.41. The van der Waals surface area contributed by atoms with Crippen molar-refractivity contribution in [1.29, 1.82) is 0 Å². The van der Waals surface area contributed by atoms with Crippen LogP contribution in [0.4, 0.5) is 0 Å². The fourth-order valence-electron chi connectivity index (χ4n) is 6.55. The molecule has 0 bridgehead atoms. The maximum absolute atomic E-state index is 13.2. The van der Waals surface area contributed by atoms with Crippen molar-refractivity contribution in [2.75, 3.05) is 19.0 Å². The van der Waals surface area contributed by atoms with E-state index in [1.54, 1.807) is 12.1 Å². The fourth-order valence-corrected chi connectivity index (χ4v) is 8.22. The van der Waals surface area contributed by atoms with Crippen molar-refractivity contribution >= 4 is 9.84 Å². The molecule has 2 aliphatic carbocycles. The SMILES string of the molecule is CCCC1CCC(C2COC(C3CCC(CS(=O)(=O)c4nnnn4-c4ccccc4)CC3)OC2)CC1. The molecule has 0 amide bonds. The van der Waals surface area contributed by atoms with E-state index in [-0.39, 0.29) is 23.1 Å². The second-order valence-electron chi connectivity index (χ2n) is 11.1. The monoisotopic (exact) mass is 516 g/mol. The van der Waals surface area contributed by atoms with E-state index in [2.05, 4.69) is 22.4 Å². The third-order valence-corrected chi connectivity index (χ3v) is 10.4. The summed E-state index contributed by atoms with van der Waals surface area (Å²) >= 11 is 0. The molecule has 0 atom stereocenters. The first-order valence-corrected chi connectivity index (χ1v) is 15.5. The third-order valence-electron chi connectivity index (χ3n) is 8.66.